The van der Waals surface area contributed by atoms with Crippen molar-refractivity contribution < 1.29 is 9.59 Å². The molecule has 0 unspecified atom stereocenters. The highest BCUT2D eigenvalue weighted by Gasteiger charge is 2.19. The Morgan fingerprint density at radius 3 is 2.77 bits per heavy atom. The maximum Gasteiger partial charge on any atom is 0.239 e. The minimum atomic E-state index is -0.124. The number of hydrogen-bond donors (Lipinski definition) is 1. The molecule has 26 heavy (non-hydrogen) atoms. The van der Waals surface area contributed by atoms with Crippen molar-refractivity contribution >= 4 is 22.8 Å². The van der Waals surface area contributed by atoms with Gasteiger partial charge in [0.25, 0.3) is 0 Å². The van der Waals surface area contributed by atoms with E-state index in [1.54, 1.807) is 4.90 Å². The van der Waals surface area contributed by atoms with Gasteiger partial charge in [0, 0.05) is 19.0 Å². The first-order valence-electron chi connectivity index (χ1n) is 9.56. The molecule has 1 N–H and O–H groups in total. The largest absolute Gasteiger partial charge is 0.347 e. The Bertz CT molecular complexity index is 781. The molecule has 2 heterocycles. The van der Waals surface area contributed by atoms with Gasteiger partial charge in [-0.15, -0.1) is 0 Å². The second-order valence-electron chi connectivity index (χ2n) is 7.24. The first-order valence-corrected chi connectivity index (χ1v) is 9.56. The molecule has 1 saturated heterocycles. The maximum absolute atomic E-state index is 12.4. The Kier molecular flexibility index (Phi) is 5.91. The minimum Gasteiger partial charge on any atom is -0.347 e. The summed E-state index contributed by atoms with van der Waals surface area (Å²) in [6, 6.07) is 8.25. The van der Waals surface area contributed by atoms with Crippen LogP contribution in [0.5, 0.6) is 0 Å². The summed E-state index contributed by atoms with van der Waals surface area (Å²) in [7, 11) is 0. The van der Waals surface area contributed by atoms with E-state index in [4.69, 9.17) is 0 Å². The Hall–Kier alpha value is -2.37. The number of likely N-dealkylation sites (tertiary alicyclic amines) is 1. The number of amides is 2. The monoisotopic (exact) mass is 356 g/mol. The van der Waals surface area contributed by atoms with Gasteiger partial charge in [0.05, 0.1) is 24.1 Å². The molecule has 6 heteroatoms. The predicted octanol–water partition coefficient (Wildman–Crippen LogP) is 3.03. The van der Waals surface area contributed by atoms with Gasteiger partial charge in [-0.05, 0) is 38.8 Å². The van der Waals surface area contributed by atoms with Crippen molar-refractivity contribution in [2.45, 2.75) is 58.5 Å². The van der Waals surface area contributed by atoms with Crippen molar-refractivity contribution in [3.05, 3.63) is 30.1 Å². The molecule has 3 rings (SSSR count). The van der Waals surface area contributed by atoms with Crippen LogP contribution in [0.4, 0.5) is 0 Å². The van der Waals surface area contributed by atoms with Gasteiger partial charge in [-0.1, -0.05) is 25.0 Å². The molecule has 0 spiro atoms. The van der Waals surface area contributed by atoms with Crippen LogP contribution >= 0.6 is 0 Å². The predicted molar refractivity (Wildman–Crippen MR) is 102 cm³/mol. The topological polar surface area (TPSA) is 67.2 Å². The molecule has 0 bridgehead atoms. The number of aromatic nitrogens is 2. The fraction of sp³-hybridized carbons (Fsp3) is 0.550. The van der Waals surface area contributed by atoms with Crippen molar-refractivity contribution in [3.63, 3.8) is 0 Å². The summed E-state index contributed by atoms with van der Waals surface area (Å²) in [5.74, 6) is 0.809. The standard InChI is InChI=1S/C20H28N4O2/c1-15(2)24-17-10-7-6-9-16(17)22-18(24)13-21-19(25)14-23-12-8-4-3-5-11-20(23)26/h6-7,9-10,15H,3-5,8,11-14H2,1-2H3,(H,21,25). The number of hydrogen-bond acceptors (Lipinski definition) is 3. The quantitative estimate of drug-likeness (QED) is 0.895. The van der Waals surface area contributed by atoms with Crippen molar-refractivity contribution in [2.75, 3.05) is 13.1 Å². The first-order chi connectivity index (χ1) is 12.6. The van der Waals surface area contributed by atoms with E-state index >= 15 is 0 Å². The summed E-state index contributed by atoms with van der Waals surface area (Å²) in [4.78, 5) is 30.9. The molecule has 0 aliphatic carbocycles. The van der Waals surface area contributed by atoms with E-state index < -0.39 is 0 Å². The molecule has 0 atom stereocenters. The number of imidazole rings is 1. The van der Waals surface area contributed by atoms with Crippen molar-refractivity contribution in [2.24, 2.45) is 0 Å². The molecule has 0 saturated carbocycles. The number of carbonyl (C=O) groups excluding carboxylic acids is 2. The molecule has 2 amide bonds. The summed E-state index contributed by atoms with van der Waals surface area (Å²) < 4.78 is 2.15. The van der Waals surface area contributed by atoms with Crippen LogP contribution in [0.1, 0.15) is 57.8 Å². The highest BCUT2D eigenvalue weighted by molar-refractivity contribution is 5.85. The van der Waals surface area contributed by atoms with Crippen LogP contribution in [0.15, 0.2) is 24.3 Å². The van der Waals surface area contributed by atoms with E-state index in [1.165, 1.54) is 0 Å². The fourth-order valence-electron chi connectivity index (χ4n) is 3.58. The zero-order chi connectivity index (χ0) is 18.5. The third-order valence-corrected chi connectivity index (χ3v) is 4.88. The third kappa shape index (κ3) is 4.23. The molecular formula is C20H28N4O2. The Morgan fingerprint density at radius 2 is 1.96 bits per heavy atom. The molecule has 1 aliphatic rings. The Balaban J connectivity index is 1.65. The second-order valence-corrected chi connectivity index (χ2v) is 7.24. The lowest BCUT2D eigenvalue weighted by Gasteiger charge is -2.24. The summed E-state index contributed by atoms with van der Waals surface area (Å²) in [6.07, 6.45) is 4.69. The lowest BCUT2D eigenvalue weighted by molar-refractivity contribution is -0.136. The molecule has 140 valence electrons. The van der Waals surface area contributed by atoms with E-state index in [2.05, 4.69) is 28.7 Å². The average Bonchev–Trinajstić information content (AvgIpc) is 2.98. The van der Waals surface area contributed by atoms with E-state index in [1.807, 2.05) is 24.3 Å². The van der Waals surface area contributed by atoms with Crippen LogP contribution in [0.25, 0.3) is 11.0 Å². The number of nitrogens with zero attached hydrogens (tertiary/aromatic N) is 3. The summed E-state index contributed by atoms with van der Waals surface area (Å²) >= 11 is 0. The molecule has 1 fully saturated rings. The first kappa shape index (κ1) is 18.4. The maximum atomic E-state index is 12.4. The van der Waals surface area contributed by atoms with Crippen LogP contribution in [0.3, 0.4) is 0 Å². The van der Waals surface area contributed by atoms with Gasteiger partial charge in [0.1, 0.15) is 5.82 Å². The zero-order valence-electron chi connectivity index (χ0n) is 15.7. The van der Waals surface area contributed by atoms with Crippen LogP contribution in [0, 0.1) is 0 Å². The highest BCUT2D eigenvalue weighted by atomic mass is 16.2. The zero-order valence-corrected chi connectivity index (χ0v) is 15.7. The number of carbonyl (C=O) groups is 2. The van der Waals surface area contributed by atoms with Gasteiger partial charge in [-0.2, -0.15) is 0 Å². The van der Waals surface area contributed by atoms with E-state index in [0.717, 1.165) is 42.5 Å². The van der Waals surface area contributed by atoms with E-state index in [0.29, 0.717) is 19.5 Å². The van der Waals surface area contributed by atoms with Crippen LogP contribution in [0.2, 0.25) is 0 Å². The highest BCUT2D eigenvalue weighted by Crippen LogP contribution is 2.20. The molecule has 2 aromatic rings. The number of rotatable bonds is 5. The van der Waals surface area contributed by atoms with E-state index in [-0.39, 0.29) is 24.4 Å². The second kappa shape index (κ2) is 8.34. The molecular weight excluding hydrogens is 328 g/mol. The number of para-hydroxylation sites is 2. The summed E-state index contributed by atoms with van der Waals surface area (Å²) in [5, 5.41) is 2.94. The summed E-state index contributed by atoms with van der Waals surface area (Å²) in [5.41, 5.74) is 2.01. The molecule has 6 nitrogen and oxygen atoms in total. The number of benzene rings is 1. The smallest absolute Gasteiger partial charge is 0.239 e. The van der Waals surface area contributed by atoms with Gasteiger partial charge >= 0.3 is 0 Å². The average molecular weight is 356 g/mol. The van der Waals surface area contributed by atoms with Gasteiger partial charge in [0.15, 0.2) is 0 Å². The molecule has 0 radical (unpaired) electrons. The van der Waals surface area contributed by atoms with Gasteiger partial charge < -0.3 is 14.8 Å². The van der Waals surface area contributed by atoms with Gasteiger partial charge in [-0.3, -0.25) is 9.59 Å². The van der Waals surface area contributed by atoms with Crippen LogP contribution < -0.4 is 5.32 Å². The third-order valence-electron chi connectivity index (χ3n) is 4.88. The van der Waals surface area contributed by atoms with Crippen LogP contribution in [-0.2, 0) is 16.1 Å². The van der Waals surface area contributed by atoms with E-state index in [9.17, 15) is 9.59 Å². The normalized spacial score (nSPS) is 16.0. The van der Waals surface area contributed by atoms with Crippen molar-refractivity contribution in [3.8, 4) is 0 Å². The molecule has 1 aromatic carbocycles. The van der Waals surface area contributed by atoms with Crippen molar-refractivity contribution in [1.82, 2.24) is 19.8 Å². The van der Waals surface area contributed by atoms with Crippen LogP contribution in [-0.4, -0.2) is 39.4 Å². The molecule has 1 aromatic heterocycles. The van der Waals surface area contributed by atoms with Gasteiger partial charge in [-0.25, -0.2) is 4.98 Å². The summed E-state index contributed by atoms with van der Waals surface area (Å²) in [6.45, 7) is 5.40. The lowest BCUT2D eigenvalue weighted by atomic mass is 10.1. The molecule has 1 aliphatic heterocycles. The fourth-order valence-corrected chi connectivity index (χ4v) is 3.58. The Labute approximate surface area is 154 Å². The minimum absolute atomic E-state index is 0.0919. The SMILES string of the molecule is CC(C)n1c(CNC(=O)CN2CCCCCCC2=O)nc2ccccc21. The Morgan fingerprint density at radius 1 is 1.19 bits per heavy atom. The lowest BCUT2D eigenvalue weighted by Crippen LogP contribution is -2.41. The van der Waals surface area contributed by atoms with Gasteiger partial charge in [0.2, 0.25) is 11.8 Å². The number of nitrogens with one attached hydrogen (secondary N) is 1. The van der Waals surface area contributed by atoms with Crippen molar-refractivity contribution in [1.29, 1.82) is 0 Å². The number of fused-ring (bicyclic) bond motifs is 1.